The van der Waals surface area contributed by atoms with Gasteiger partial charge in [0.05, 0.1) is 0 Å². The maximum absolute atomic E-state index is 14.1. The maximum atomic E-state index is 14.1. The van der Waals surface area contributed by atoms with Crippen molar-refractivity contribution in [3.63, 3.8) is 0 Å². The maximum Gasteiger partial charge on any atom is 0.410 e. The Morgan fingerprint density at radius 1 is 0.860 bits per heavy atom. The third-order valence-electron chi connectivity index (χ3n) is 9.85. The first-order valence-corrected chi connectivity index (χ1v) is 17.8. The smallest absolute Gasteiger partial charge is 0.410 e. The Morgan fingerprint density at radius 2 is 1.56 bits per heavy atom. The minimum atomic E-state index is -0.807. The summed E-state index contributed by atoms with van der Waals surface area (Å²) < 4.78 is 5.54. The molecule has 0 aliphatic carbocycles. The highest BCUT2D eigenvalue weighted by Crippen LogP contribution is 2.30. The Hall–Kier alpha value is -4.83. The van der Waals surface area contributed by atoms with Crippen LogP contribution in [0.4, 0.5) is 15.3 Å². The predicted molar refractivity (Wildman–Crippen MR) is 197 cm³/mol. The van der Waals surface area contributed by atoms with Gasteiger partial charge >= 0.3 is 12.1 Å². The molecule has 3 heterocycles. The number of amides is 4. The van der Waals surface area contributed by atoms with E-state index in [1.807, 2.05) is 93.4 Å². The van der Waals surface area contributed by atoms with E-state index in [1.165, 1.54) is 5.56 Å². The first-order chi connectivity index (χ1) is 24.0. The van der Waals surface area contributed by atoms with Gasteiger partial charge in [0.25, 0.3) is 0 Å². The van der Waals surface area contributed by atoms with Crippen LogP contribution in [-0.4, -0.2) is 88.6 Å². The number of carbonyl (C=O) groups is 3. The quantitative estimate of drug-likeness (QED) is 0.188. The number of urea groups is 1. The van der Waals surface area contributed by atoms with E-state index in [2.05, 4.69) is 44.8 Å². The highest BCUT2D eigenvalue weighted by atomic mass is 16.6. The lowest BCUT2D eigenvalue weighted by atomic mass is 9.89. The van der Waals surface area contributed by atoms with Crippen LogP contribution in [0.5, 0.6) is 0 Å². The van der Waals surface area contributed by atoms with Crippen molar-refractivity contribution in [2.75, 3.05) is 44.6 Å². The number of rotatable bonds is 8. The van der Waals surface area contributed by atoms with Crippen molar-refractivity contribution in [3.8, 4) is 0 Å². The molecule has 0 bridgehead atoms. The molecule has 50 heavy (non-hydrogen) atoms. The van der Waals surface area contributed by atoms with E-state index in [4.69, 9.17) is 4.74 Å². The van der Waals surface area contributed by atoms with Gasteiger partial charge in [-0.15, -0.1) is 0 Å². The lowest BCUT2D eigenvalue weighted by Crippen LogP contribution is -2.53. The SMILES string of the molecule is C[C@@H](c1c[nH]c2ccccc12)[C@@H](NC(=O)N1CCC(c2ccccc2)CC1)C(=O)Nc1cccc(CN2CCN(C(=O)OC(C)(C)C)CC2)c1. The van der Waals surface area contributed by atoms with Gasteiger partial charge in [-0.1, -0.05) is 67.6 Å². The van der Waals surface area contributed by atoms with Crippen molar-refractivity contribution in [3.05, 3.63) is 102 Å². The Labute approximate surface area is 295 Å². The monoisotopic (exact) mass is 678 g/mol. The number of piperazine rings is 1. The number of aromatic nitrogens is 1. The first kappa shape index (κ1) is 35.0. The number of aromatic amines is 1. The number of likely N-dealkylation sites (tertiary alicyclic amines) is 1. The number of fused-ring (bicyclic) bond motifs is 1. The molecule has 6 rings (SSSR count). The molecule has 4 amide bonds. The second-order valence-electron chi connectivity index (χ2n) is 14.6. The van der Waals surface area contributed by atoms with E-state index < -0.39 is 11.6 Å². The third kappa shape index (κ3) is 8.66. The number of carbonyl (C=O) groups excluding carboxylic acids is 3. The molecule has 10 nitrogen and oxygen atoms in total. The van der Waals surface area contributed by atoms with Gasteiger partial charge in [-0.2, -0.15) is 0 Å². The minimum Gasteiger partial charge on any atom is -0.444 e. The molecule has 2 aliphatic heterocycles. The van der Waals surface area contributed by atoms with Crippen molar-refractivity contribution < 1.29 is 19.1 Å². The summed E-state index contributed by atoms with van der Waals surface area (Å²) in [7, 11) is 0. The lowest BCUT2D eigenvalue weighted by Gasteiger charge is -2.35. The summed E-state index contributed by atoms with van der Waals surface area (Å²) in [6.45, 7) is 12.2. The second kappa shape index (κ2) is 15.4. The zero-order valence-corrected chi connectivity index (χ0v) is 29.7. The highest BCUT2D eigenvalue weighted by molar-refractivity contribution is 5.98. The number of hydrogen-bond acceptors (Lipinski definition) is 5. The van der Waals surface area contributed by atoms with Crippen LogP contribution in [-0.2, 0) is 16.1 Å². The zero-order valence-electron chi connectivity index (χ0n) is 29.7. The molecule has 2 fully saturated rings. The molecule has 0 saturated carbocycles. The van der Waals surface area contributed by atoms with Crippen LogP contribution in [0.15, 0.2) is 85.1 Å². The molecule has 0 spiro atoms. The number of benzene rings is 3. The van der Waals surface area contributed by atoms with Crippen molar-refractivity contribution in [2.24, 2.45) is 0 Å². The van der Waals surface area contributed by atoms with E-state index in [0.29, 0.717) is 44.3 Å². The third-order valence-corrected chi connectivity index (χ3v) is 9.85. The van der Waals surface area contributed by atoms with Crippen LogP contribution < -0.4 is 10.6 Å². The summed E-state index contributed by atoms with van der Waals surface area (Å²) in [4.78, 5) is 49.6. The van der Waals surface area contributed by atoms with Crippen LogP contribution in [0, 0.1) is 0 Å². The summed E-state index contributed by atoms with van der Waals surface area (Å²) in [5.41, 5.74) is 4.48. The fraction of sp³-hybridized carbons (Fsp3) is 0.425. The average Bonchev–Trinajstić information content (AvgIpc) is 3.55. The number of nitrogens with zero attached hydrogens (tertiary/aromatic N) is 3. The van der Waals surface area contributed by atoms with Gasteiger partial charge in [0.2, 0.25) is 5.91 Å². The van der Waals surface area contributed by atoms with Crippen LogP contribution >= 0.6 is 0 Å². The Morgan fingerprint density at radius 3 is 2.28 bits per heavy atom. The van der Waals surface area contributed by atoms with Crippen LogP contribution in [0.3, 0.4) is 0 Å². The molecule has 0 radical (unpaired) electrons. The number of para-hydroxylation sites is 1. The molecular weight excluding hydrogens is 628 g/mol. The average molecular weight is 679 g/mol. The zero-order chi connectivity index (χ0) is 35.3. The van der Waals surface area contributed by atoms with E-state index in [-0.39, 0.29) is 23.9 Å². The van der Waals surface area contributed by atoms with Gasteiger partial charge in [0.1, 0.15) is 11.6 Å². The fourth-order valence-corrected chi connectivity index (χ4v) is 7.07. The van der Waals surface area contributed by atoms with Gasteiger partial charge in [-0.3, -0.25) is 9.69 Å². The largest absolute Gasteiger partial charge is 0.444 e. The molecule has 1 aromatic heterocycles. The summed E-state index contributed by atoms with van der Waals surface area (Å²) in [6.07, 6.45) is 3.43. The first-order valence-electron chi connectivity index (χ1n) is 17.8. The van der Waals surface area contributed by atoms with Gasteiger partial charge in [0.15, 0.2) is 0 Å². The molecule has 264 valence electrons. The summed E-state index contributed by atoms with van der Waals surface area (Å²) >= 11 is 0. The summed E-state index contributed by atoms with van der Waals surface area (Å²) in [5, 5.41) is 7.28. The fourth-order valence-electron chi connectivity index (χ4n) is 7.07. The molecule has 2 aliphatic rings. The molecule has 0 unspecified atom stereocenters. The molecule has 2 saturated heterocycles. The summed E-state index contributed by atoms with van der Waals surface area (Å²) in [5.74, 6) is -0.148. The van der Waals surface area contributed by atoms with Crippen LogP contribution in [0.1, 0.15) is 69.1 Å². The number of ether oxygens (including phenoxy) is 1. The molecular formula is C40H50N6O4. The topological polar surface area (TPSA) is 110 Å². The van der Waals surface area contributed by atoms with E-state index >= 15 is 0 Å². The van der Waals surface area contributed by atoms with Crippen molar-refractivity contribution >= 4 is 34.6 Å². The van der Waals surface area contributed by atoms with Gasteiger partial charge < -0.3 is 30.2 Å². The van der Waals surface area contributed by atoms with E-state index in [0.717, 1.165) is 48.0 Å². The van der Waals surface area contributed by atoms with E-state index in [1.54, 1.807) is 4.90 Å². The Kier molecular flexibility index (Phi) is 10.8. The number of H-pyrrole nitrogens is 1. The molecule has 10 heteroatoms. The number of piperidine rings is 1. The lowest BCUT2D eigenvalue weighted by molar-refractivity contribution is -0.118. The van der Waals surface area contributed by atoms with Gasteiger partial charge in [-0.05, 0) is 74.4 Å². The van der Waals surface area contributed by atoms with Crippen LogP contribution in [0.2, 0.25) is 0 Å². The molecule has 3 N–H and O–H groups in total. The molecule has 4 aromatic rings. The molecule has 2 atom stereocenters. The predicted octanol–water partition coefficient (Wildman–Crippen LogP) is 6.92. The second-order valence-corrected chi connectivity index (χ2v) is 14.6. The molecule has 3 aromatic carbocycles. The normalized spacial score (nSPS) is 17.3. The minimum absolute atomic E-state index is 0.220. The standard InChI is InChI=1S/C40H50N6O4/c1-28(34-26-41-35-16-9-8-15-33(34)35)36(43-38(48)45-19-17-31(18-20-45)30-12-6-5-7-13-30)37(47)42-32-14-10-11-29(25-32)27-44-21-23-46(24-22-44)39(49)50-40(2,3)4/h5-16,25-26,28,31,36,41H,17-24,27H2,1-4H3,(H,42,47)(H,43,48)/t28-,36+/m0/s1. The Bertz CT molecular complexity index is 1770. The number of anilines is 1. The van der Waals surface area contributed by atoms with Gasteiger partial charge in [0, 0.05) is 74.5 Å². The van der Waals surface area contributed by atoms with Crippen LogP contribution in [0.25, 0.3) is 10.9 Å². The number of nitrogens with one attached hydrogen (secondary N) is 3. The van der Waals surface area contributed by atoms with Crippen molar-refractivity contribution in [1.29, 1.82) is 0 Å². The number of hydrogen-bond donors (Lipinski definition) is 3. The van der Waals surface area contributed by atoms with E-state index in [9.17, 15) is 14.4 Å². The van der Waals surface area contributed by atoms with Gasteiger partial charge in [-0.25, -0.2) is 9.59 Å². The van der Waals surface area contributed by atoms with Crippen molar-refractivity contribution in [2.45, 2.75) is 70.6 Å². The summed E-state index contributed by atoms with van der Waals surface area (Å²) in [6, 6.07) is 25.3. The van der Waals surface area contributed by atoms with Crippen molar-refractivity contribution in [1.82, 2.24) is 25.0 Å². The Balaban J connectivity index is 1.12. The highest BCUT2D eigenvalue weighted by Gasteiger charge is 2.33.